The maximum absolute atomic E-state index is 14.6. The zero-order valence-electron chi connectivity index (χ0n) is 34.8. The van der Waals surface area contributed by atoms with Crippen LogP contribution in [0.3, 0.4) is 0 Å². The van der Waals surface area contributed by atoms with Crippen molar-refractivity contribution in [3.63, 3.8) is 0 Å². The molecule has 4 aliphatic heterocycles. The highest BCUT2D eigenvalue weighted by Crippen LogP contribution is 2.34. The summed E-state index contributed by atoms with van der Waals surface area (Å²) in [5, 5.41) is 13.0. The number of alkyl halides is 1. The minimum Gasteiger partial charge on any atom is -0.378 e. The Labute approximate surface area is 352 Å². The van der Waals surface area contributed by atoms with Gasteiger partial charge in [0.25, 0.3) is 17.7 Å². The Hall–Kier alpha value is -6.01. The Morgan fingerprint density at radius 3 is 2.54 bits per heavy atom. The zero-order chi connectivity index (χ0) is 42.9. The summed E-state index contributed by atoms with van der Waals surface area (Å²) in [6.07, 6.45) is 7.19. The number of methoxy groups -OCH3 is 1. The van der Waals surface area contributed by atoms with E-state index in [0.717, 1.165) is 28.6 Å². The van der Waals surface area contributed by atoms with E-state index in [1.54, 1.807) is 36.7 Å². The molecule has 8 rings (SSSR count). The first-order chi connectivity index (χ1) is 29.4. The van der Waals surface area contributed by atoms with E-state index in [4.69, 9.17) is 4.74 Å². The van der Waals surface area contributed by atoms with Crippen LogP contribution in [0.25, 0.3) is 10.9 Å². The van der Waals surface area contributed by atoms with Gasteiger partial charge in [-0.2, -0.15) is 4.98 Å². The Balaban J connectivity index is 0.914. The number of aromatic nitrogens is 4. The lowest BCUT2D eigenvalue weighted by Gasteiger charge is -2.38. The van der Waals surface area contributed by atoms with Gasteiger partial charge in [0, 0.05) is 81.0 Å². The molecule has 18 heteroatoms. The molecule has 0 aliphatic carbocycles. The summed E-state index contributed by atoms with van der Waals surface area (Å²) in [5.41, 5.74) is 2.34. The standard InChI is InChI=1S/C43H52FN11O6/c1-5-7-36(48-30-9-6-8-26-38(30)42(60)55(41(26)59)31-10-11-37(56)51-40(31)58)52-17-13-25(14-18-52)47-39(57)28-22-54(24(2)3)32-20-35(46-21-27(28)32)49-34-12-16-45-43(50-34)53-19-15-33(61-4)29(44)23-53/h6,8-9,12,16,20-22,24-25,29,31,33,36,48H,5,7,10-11,13-15,17-19,23H2,1-4H3,(H,47,57)(H,51,56,58)(H,45,46,49,50)/t29-,31?,33+,36?/m1/s1. The van der Waals surface area contributed by atoms with Gasteiger partial charge in [0.2, 0.25) is 17.8 Å². The largest absolute Gasteiger partial charge is 0.378 e. The molecule has 1 aromatic carbocycles. The molecule has 7 heterocycles. The monoisotopic (exact) mass is 837 g/mol. The maximum atomic E-state index is 14.6. The second-order valence-electron chi connectivity index (χ2n) is 16.4. The number of benzene rings is 1. The van der Waals surface area contributed by atoms with Crippen LogP contribution in [0.5, 0.6) is 0 Å². The number of piperidine rings is 3. The predicted octanol–water partition coefficient (Wildman–Crippen LogP) is 4.55. The number of nitrogens with zero attached hydrogens (tertiary/aromatic N) is 7. The number of likely N-dealkylation sites (tertiary alicyclic amines) is 1. The zero-order valence-corrected chi connectivity index (χ0v) is 34.8. The molecule has 0 radical (unpaired) electrons. The average Bonchev–Trinajstić information content (AvgIpc) is 3.75. The van der Waals surface area contributed by atoms with Gasteiger partial charge >= 0.3 is 0 Å². The molecule has 3 fully saturated rings. The van der Waals surface area contributed by atoms with Crippen LogP contribution < -0.4 is 26.2 Å². The van der Waals surface area contributed by atoms with Gasteiger partial charge in [-0.05, 0) is 64.2 Å². The number of fused-ring (bicyclic) bond motifs is 2. The fraction of sp³-hybridized carbons (Fsp3) is 0.488. The molecule has 3 saturated heterocycles. The quantitative estimate of drug-likeness (QED) is 0.137. The number of imide groups is 2. The minimum atomic E-state index is -1.14. The van der Waals surface area contributed by atoms with E-state index in [1.165, 1.54) is 7.11 Å². The molecule has 17 nitrogen and oxygen atoms in total. The maximum Gasteiger partial charge on any atom is 0.264 e. The molecule has 0 spiro atoms. The highest BCUT2D eigenvalue weighted by Gasteiger charge is 2.46. The van der Waals surface area contributed by atoms with Crippen molar-refractivity contribution in [2.24, 2.45) is 0 Å². The first-order valence-electron chi connectivity index (χ1n) is 21.1. The van der Waals surface area contributed by atoms with Crippen molar-refractivity contribution in [2.75, 3.05) is 48.8 Å². The molecule has 322 valence electrons. The molecule has 4 aliphatic rings. The molecule has 4 N–H and O–H groups in total. The number of halogens is 1. The lowest BCUT2D eigenvalue weighted by molar-refractivity contribution is -0.136. The van der Waals surface area contributed by atoms with E-state index in [0.29, 0.717) is 67.7 Å². The Morgan fingerprint density at radius 2 is 1.82 bits per heavy atom. The van der Waals surface area contributed by atoms with E-state index in [-0.39, 0.29) is 54.7 Å². The van der Waals surface area contributed by atoms with Gasteiger partial charge in [-0.1, -0.05) is 19.4 Å². The minimum absolute atomic E-state index is 0.0511. The Bertz CT molecular complexity index is 2350. The predicted molar refractivity (Wildman–Crippen MR) is 225 cm³/mol. The fourth-order valence-electron chi connectivity index (χ4n) is 8.91. The van der Waals surface area contributed by atoms with Gasteiger partial charge in [-0.15, -0.1) is 0 Å². The average molecular weight is 838 g/mol. The number of anilines is 4. The first-order valence-corrected chi connectivity index (χ1v) is 21.1. The van der Waals surface area contributed by atoms with Crippen molar-refractivity contribution in [2.45, 2.75) is 102 Å². The summed E-state index contributed by atoms with van der Waals surface area (Å²) in [4.78, 5) is 84.3. The molecule has 2 unspecified atom stereocenters. The van der Waals surface area contributed by atoms with Crippen molar-refractivity contribution in [3.8, 4) is 0 Å². The van der Waals surface area contributed by atoms with Gasteiger partial charge in [0.05, 0.1) is 41.0 Å². The second kappa shape index (κ2) is 17.5. The van der Waals surface area contributed by atoms with E-state index in [2.05, 4.69) is 66.5 Å². The van der Waals surface area contributed by atoms with Crippen LogP contribution in [0.2, 0.25) is 0 Å². The topological polar surface area (TPSA) is 196 Å². The van der Waals surface area contributed by atoms with E-state index < -0.39 is 41.9 Å². The van der Waals surface area contributed by atoms with Crippen molar-refractivity contribution in [3.05, 3.63) is 65.6 Å². The highest BCUT2D eigenvalue weighted by atomic mass is 19.1. The summed E-state index contributed by atoms with van der Waals surface area (Å²) in [6.45, 7) is 8.28. The lowest BCUT2D eigenvalue weighted by atomic mass is 10.0. The number of carbonyl (C=O) groups is 5. The van der Waals surface area contributed by atoms with Crippen LogP contribution in [0.4, 0.5) is 27.7 Å². The number of amides is 5. The molecule has 61 heavy (non-hydrogen) atoms. The lowest BCUT2D eigenvalue weighted by Crippen LogP contribution is -2.54. The molecule has 0 saturated carbocycles. The van der Waals surface area contributed by atoms with Crippen molar-refractivity contribution >= 4 is 63.7 Å². The second-order valence-corrected chi connectivity index (χ2v) is 16.4. The number of pyridine rings is 1. The molecular weight excluding hydrogens is 786 g/mol. The van der Waals surface area contributed by atoms with Crippen LogP contribution in [0.15, 0.2) is 48.9 Å². The third-order valence-electron chi connectivity index (χ3n) is 12.1. The van der Waals surface area contributed by atoms with Crippen LogP contribution >= 0.6 is 0 Å². The van der Waals surface area contributed by atoms with Gasteiger partial charge < -0.3 is 30.2 Å². The van der Waals surface area contributed by atoms with Crippen LogP contribution in [0.1, 0.15) is 103 Å². The van der Waals surface area contributed by atoms with E-state index in [1.807, 2.05) is 17.2 Å². The number of carbonyl (C=O) groups excluding carboxylic acids is 5. The summed E-state index contributed by atoms with van der Waals surface area (Å²) in [7, 11) is 1.52. The van der Waals surface area contributed by atoms with E-state index in [9.17, 15) is 28.4 Å². The van der Waals surface area contributed by atoms with Crippen molar-refractivity contribution in [1.82, 2.24) is 40.0 Å². The highest BCUT2D eigenvalue weighted by molar-refractivity contribution is 6.25. The smallest absolute Gasteiger partial charge is 0.264 e. The summed E-state index contributed by atoms with van der Waals surface area (Å²) >= 11 is 0. The van der Waals surface area contributed by atoms with Crippen molar-refractivity contribution < 1.29 is 33.1 Å². The normalized spacial score (nSPS) is 21.8. The number of nitrogens with one attached hydrogen (secondary N) is 4. The number of rotatable bonds is 13. The summed E-state index contributed by atoms with van der Waals surface area (Å²) < 4.78 is 21.9. The van der Waals surface area contributed by atoms with Gasteiger partial charge in [-0.25, -0.2) is 14.4 Å². The third-order valence-corrected chi connectivity index (χ3v) is 12.1. The summed E-state index contributed by atoms with van der Waals surface area (Å²) in [6, 6.07) is 7.66. The van der Waals surface area contributed by atoms with Crippen LogP contribution in [-0.4, -0.2) is 123 Å². The van der Waals surface area contributed by atoms with Crippen LogP contribution in [0, 0.1) is 0 Å². The van der Waals surface area contributed by atoms with Gasteiger partial charge in [0.1, 0.15) is 23.8 Å². The molecule has 3 aromatic heterocycles. The van der Waals surface area contributed by atoms with Crippen LogP contribution in [-0.2, 0) is 14.3 Å². The molecule has 4 aromatic rings. The van der Waals surface area contributed by atoms with Gasteiger partial charge in [-0.3, -0.25) is 39.1 Å². The Kier molecular flexibility index (Phi) is 12.0. The van der Waals surface area contributed by atoms with Crippen molar-refractivity contribution in [1.29, 1.82) is 0 Å². The fourth-order valence-corrected chi connectivity index (χ4v) is 8.91. The molecular formula is C43H52FN11O6. The number of ether oxygens (including phenoxy) is 1. The number of hydrogen-bond donors (Lipinski definition) is 4. The first kappa shape index (κ1) is 41.7. The molecule has 0 bridgehead atoms. The Morgan fingerprint density at radius 1 is 1.02 bits per heavy atom. The summed E-state index contributed by atoms with van der Waals surface area (Å²) in [5.74, 6) is -0.874. The van der Waals surface area contributed by atoms with Gasteiger partial charge in [0.15, 0.2) is 0 Å². The van der Waals surface area contributed by atoms with E-state index >= 15 is 0 Å². The SMILES string of the molecule is CCCC(Nc1cccc2c1C(=O)N(C1CCC(=O)NC1=O)C2=O)N1CCC(NC(=O)c2cn(C(C)C)c3cc(Nc4ccnc(N5CC[C@H](OC)[C@H](F)C5)n4)ncc23)CC1. The molecule has 4 atom stereocenters. The number of hydrogen-bond acceptors (Lipinski definition) is 13. The third kappa shape index (κ3) is 8.38. The molecule has 5 amide bonds.